The molecule has 0 aromatic carbocycles. The highest BCUT2D eigenvalue weighted by atomic mass is 79.9. The summed E-state index contributed by atoms with van der Waals surface area (Å²) in [5, 5.41) is 5.44. The van der Waals surface area contributed by atoms with Gasteiger partial charge in [-0.3, -0.25) is 4.98 Å². The van der Waals surface area contributed by atoms with Gasteiger partial charge < -0.3 is 5.32 Å². The molecule has 2 nitrogen and oxygen atoms in total. The first-order chi connectivity index (χ1) is 8.13. The highest BCUT2D eigenvalue weighted by Crippen LogP contribution is 2.32. The number of aromatic nitrogens is 1. The highest BCUT2D eigenvalue weighted by molar-refractivity contribution is 9.11. The zero-order valence-corrected chi connectivity index (χ0v) is 13.5. The largest absolute Gasteiger partial charge is 0.307 e. The van der Waals surface area contributed by atoms with Crippen molar-refractivity contribution in [1.29, 1.82) is 0 Å². The molecule has 5 heteroatoms. The third kappa shape index (κ3) is 2.78. The zero-order chi connectivity index (χ0) is 12.4. The van der Waals surface area contributed by atoms with Crippen LogP contribution in [-0.4, -0.2) is 12.0 Å². The van der Waals surface area contributed by atoms with Crippen LogP contribution < -0.4 is 5.32 Å². The molecule has 0 saturated carbocycles. The summed E-state index contributed by atoms with van der Waals surface area (Å²) in [6.07, 6.45) is 1.83. The van der Waals surface area contributed by atoms with Gasteiger partial charge in [-0.2, -0.15) is 0 Å². The van der Waals surface area contributed by atoms with E-state index in [0.29, 0.717) is 0 Å². The van der Waals surface area contributed by atoms with Crippen LogP contribution in [0.25, 0.3) is 0 Å². The number of hydrogen-bond acceptors (Lipinski definition) is 3. The lowest BCUT2D eigenvalue weighted by Gasteiger charge is -2.17. The Hall–Kier alpha value is -0.230. The van der Waals surface area contributed by atoms with Gasteiger partial charge in [0.2, 0.25) is 0 Å². The van der Waals surface area contributed by atoms with Crippen LogP contribution in [0.5, 0.6) is 0 Å². The normalized spacial score (nSPS) is 12.7. The van der Waals surface area contributed by atoms with Gasteiger partial charge in [-0.1, -0.05) is 0 Å². The summed E-state index contributed by atoms with van der Waals surface area (Å²) in [6.45, 7) is 2.13. The first-order valence-electron chi connectivity index (χ1n) is 5.15. The molecule has 0 saturated heterocycles. The quantitative estimate of drug-likeness (QED) is 0.865. The lowest BCUT2D eigenvalue weighted by Crippen LogP contribution is -2.19. The summed E-state index contributed by atoms with van der Waals surface area (Å²) in [7, 11) is 1.96. The van der Waals surface area contributed by atoms with Crippen molar-refractivity contribution >= 4 is 43.2 Å². The van der Waals surface area contributed by atoms with Gasteiger partial charge in [0, 0.05) is 20.0 Å². The molecule has 0 aliphatic rings. The standard InChI is InChI=1S/C12H12Br2N2S/c1-7-3-4-17-12(7)11(15-2)10-9(14)5-8(13)6-16-10/h3-6,11,15H,1-2H3. The van der Waals surface area contributed by atoms with E-state index in [1.807, 2.05) is 19.3 Å². The Bertz CT molecular complexity index is 525. The van der Waals surface area contributed by atoms with Gasteiger partial charge in [-0.25, -0.2) is 0 Å². The third-order valence-electron chi connectivity index (χ3n) is 2.56. The first-order valence-corrected chi connectivity index (χ1v) is 7.62. The predicted molar refractivity (Wildman–Crippen MR) is 79.6 cm³/mol. The second kappa shape index (κ2) is 5.61. The molecule has 0 aliphatic carbocycles. The first kappa shape index (κ1) is 13.2. The molecule has 1 unspecified atom stereocenters. The molecule has 1 N–H and O–H groups in total. The van der Waals surface area contributed by atoms with E-state index in [1.165, 1.54) is 10.4 Å². The van der Waals surface area contributed by atoms with Gasteiger partial charge in [-0.15, -0.1) is 11.3 Å². The second-order valence-corrected chi connectivity index (χ2v) is 6.43. The van der Waals surface area contributed by atoms with Crippen molar-refractivity contribution in [2.24, 2.45) is 0 Å². The van der Waals surface area contributed by atoms with E-state index in [-0.39, 0.29) is 6.04 Å². The molecule has 0 radical (unpaired) electrons. The lowest BCUT2D eigenvalue weighted by atomic mass is 10.1. The van der Waals surface area contributed by atoms with Crippen molar-refractivity contribution in [3.05, 3.63) is 48.8 Å². The molecular formula is C12H12Br2N2S. The van der Waals surface area contributed by atoms with E-state index in [0.717, 1.165) is 14.6 Å². The number of hydrogen-bond donors (Lipinski definition) is 1. The van der Waals surface area contributed by atoms with Crippen LogP contribution in [-0.2, 0) is 0 Å². The van der Waals surface area contributed by atoms with Gasteiger partial charge in [-0.05, 0) is 68.9 Å². The monoisotopic (exact) mass is 374 g/mol. The second-order valence-electron chi connectivity index (χ2n) is 3.71. The van der Waals surface area contributed by atoms with Crippen LogP contribution in [0, 0.1) is 6.92 Å². The fourth-order valence-corrected chi connectivity index (χ4v) is 3.96. The molecular weight excluding hydrogens is 364 g/mol. The summed E-state index contributed by atoms with van der Waals surface area (Å²) >= 11 is 8.75. The minimum Gasteiger partial charge on any atom is -0.307 e. The van der Waals surface area contributed by atoms with Gasteiger partial charge >= 0.3 is 0 Å². The van der Waals surface area contributed by atoms with Gasteiger partial charge in [0.15, 0.2) is 0 Å². The minimum atomic E-state index is 0.137. The molecule has 90 valence electrons. The van der Waals surface area contributed by atoms with Crippen LogP contribution in [0.1, 0.15) is 22.2 Å². The summed E-state index contributed by atoms with van der Waals surface area (Å²) in [4.78, 5) is 5.80. The molecule has 0 bridgehead atoms. The van der Waals surface area contributed by atoms with E-state index in [2.05, 4.69) is 60.5 Å². The summed E-state index contributed by atoms with van der Waals surface area (Å²) in [6, 6.07) is 4.30. The number of halogens is 2. The Morgan fingerprint density at radius 3 is 2.71 bits per heavy atom. The molecule has 0 fully saturated rings. The lowest BCUT2D eigenvalue weighted by molar-refractivity contribution is 0.675. The van der Waals surface area contributed by atoms with Crippen LogP contribution >= 0.6 is 43.2 Å². The summed E-state index contributed by atoms with van der Waals surface area (Å²) in [5.41, 5.74) is 2.31. The number of nitrogens with zero attached hydrogens (tertiary/aromatic N) is 1. The van der Waals surface area contributed by atoms with Gasteiger partial charge in [0.1, 0.15) is 0 Å². The molecule has 17 heavy (non-hydrogen) atoms. The Balaban J connectivity index is 2.46. The van der Waals surface area contributed by atoms with E-state index < -0.39 is 0 Å². The predicted octanol–water partition coefficient (Wildman–Crippen LogP) is 4.29. The van der Waals surface area contributed by atoms with E-state index >= 15 is 0 Å². The molecule has 0 amide bonds. The number of thiophene rings is 1. The fourth-order valence-electron chi connectivity index (χ4n) is 1.71. The summed E-state index contributed by atoms with van der Waals surface area (Å²) in [5.74, 6) is 0. The molecule has 0 aliphatic heterocycles. The smallest absolute Gasteiger partial charge is 0.0856 e. The number of pyridine rings is 1. The maximum Gasteiger partial charge on any atom is 0.0856 e. The van der Waals surface area contributed by atoms with Gasteiger partial charge in [0.25, 0.3) is 0 Å². The molecule has 2 rings (SSSR count). The highest BCUT2D eigenvalue weighted by Gasteiger charge is 2.19. The van der Waals surface area contributed by atoms with Crippen molar-refractivity contribution in [1.82, 2.24) is 10.3 Å². The Morgan fingerprint density at radius 1 is 1.41 bits per heavy atom. The van der Waals surface area contributed by atoms with Crippen molar-refractivity contribution < 1.29 is 0 Å². The Kier molecular flexibility index (Phi) is 4.36. The molecule has 2 aromatic rings. The van der Waals surface area contributed by atoms with Crippen LogP contribution in [0.15, 0.2) is 32.7 Å². The van der Waals surface area contributed by atoms with Crippen molar-refractivity contribution in [2.75, 3.05) is 7.05 Å². The van der Waals surface area contributed by atoms with E-state index in [4.69, 9.17) is 0 Å². The number of aryl methyl sites for hydroxylation is 1. The molecule has 2 heterocycles. The zero-order valence-electron chi connectivity index (χ0n) is 9.50. The molecule has 1 atom stereocenters. The minimum absolute atomic E-state index is 0.137. The van der Waals surface area contributed by atoms with Crippen molar-refractivity contribution in [3.8, 4) is 0 Å². The fraction of sp³-hybridized carbons (Fsp3) is 0.250. The van der Waals surface area contributed by atoms with Crippen LogP contribution in [0.2, 0.25) is 0 Å². The van der Waals surface area contributed by atoms with Crippen molar-refractivity contribution in [3.63, 3.8) is 0 Å². The van der Waals surface area contributed by atoms with Crippen LogP contribution in [0.3, 0.4) is 0 Å². The average Bonchev–Trinajstić information content (AvgIpc) is 2.69. The Morgan fingerprint density at radius 2 is 2.18 bits per heavy atom. The van der Waals surface area contributed by atoms with E-state index in [9.17, 15) is 0 Å². The maximum atomic E-state index is 4.50. The topological polar surface area (TPSA) is 24.9 Å². The van der Waals surface area contributed by atoms with E-state index in [1.54, 1.807) is 11.3 Å². The average molecular weight is 376 g/mol. The SMILES string of the molecule is CNC(c1ncc(Br)cc1Br)c1sccc1C. The maximum absolute atomic E-state index is 4.50. The summed E-state index contributed by atoms with van der Waals surface area (Å²) < 4.78 is 1.99. The van der Waals surface area contributed by atoms with Gasteiger partial charge in [0.05, 0.1) is 11.7 Å². The molecule has 2 aromatic heterocycles. The number of rotatable bonds is 3. The third-order valence-corrected chi connectivity index (χ3v) is 4.71. The molecule has 0 spiro atoms. The van der Waals surface area contributed by atoms with Crippen molar-refractivity contribution in [2.45, 2.75) is 13.0 Å². The Labute approximate surface area is 122 Å². The van der Waals surface area contributed by atoms with Crippen LogP contribution in [0.4, 0.5) is 0 Å². The number of nitrogens with one attached hydrogen (secondary N) is 1.